The summed E-state index contributed by atoms with van der Waals surface area (Å²) in [4.78, 5) is 0. The minimum atomic E-state index is -0.170. The highest BCUT2D eigenvalue weighted by molar-refractivity contribution is 5.25. The Bertz CT molecular complexity index is 396. The Morgan fingerprint density at radius 3 is 2.39 bits per heavy atom. The van der Waals surface area contributed by atoms with Crippen LogP contribution in [-0.4, -0.2) is 0 Å². The van der Waals surface area contributed by atoms with E-state index in [1.807, 2.05) is 6.07 Å². The zero-order chi connectivity index (χ0) is 13.9. The lowest BCUT2D eigenvalue weighted by atomic mass is 9.77. The van der Waals surface area contributed by atoms with Gasteiger partial charge in [0.05, 0.1) is 0 Å². The molecule has 0 radical (unpaired) electrons. The topological polar surface area (TPSA) is 38.0 Å². The van der Waals surface area contributed by atoms with Gasteiger partial charge in [0, 0.05) is 6.04 Å². The first-order valence-electron chi connectivity index (χ1n) is 6.48. The molecule has 0 amide bonds. The van der Waals surface area contributed by atoms with Crippen LogP contribution >= 0.6 is 0 Å². The third-order valence-corrected chi connectivity index (χ3v) is 3.87. The summed E-state index contributed by atoms with van der Waals surface area (Å²) in [6.45, 7) is 10.6. The molecular formula is C15H25FN2. The van der Waals surface area contributed by atoms with Gasteiger partial charge in [-0.1, -0.05) is 39.8 Å². The Labute approximate surface area is 110 Å². The fourth-order valence-electron chi connectivity index (χ4n) is 1.83. The zero-order valence-corrected chi connectivity index (χ0v) is 12.0. The Morgan fingerprint density at radius 1 is 1.33 bits per heavy atom. The van der Waals surface area contributed by atoms with Crippen molar-refractivity contribution in [2.45, 2.75) is 47.1 Å². The van der Waals surface area contributed by atoms with E-state index in [9.17, 15) is 4.39 Å². The number of rotatable bonds is 4. The van der Waals surface area contributed by atoms with Crippen LogP contribution in [0.15, 0.2) is 18.2 Å². The van der Waals surface area contributed by atoms with Crippen molar-refractivity contribution in [1.82, 2.24) is 5.43 Å². The van der Waals surface area contributed by atoms with Gasteiger partial charge in [0.15, 0.2) is 0 Å². The molecule has 3 heteroatoms. The van der Waals surface area contributed by atoms with Crippen LogP contribution in [0, 0.1) is 24.1 Å². The molecule has 0 aliphatic rings. The monoisotopic (exact) mass is 252 g/mol. The van der Waals surface area contributed by atoms with Gasteiger partial charge in [0.2, 0.25) is 0 Å². The summed E-state index contributed by atoms with van der Waals surface area (Å²) < 4.78 is 13.6. The number of nitrogens with two attached hydrogens (primary N) is 1. The van der Waals surface area contributed by atoms with Crippen LogP contribution in [0.4, 0.5) is 4.39 Å². The Hall–Kier alpha value is -0.930. The normalized spacial score (nSPS) is 15.5. The van der Waals surface area contributed by atoms with E-state index in [2.05, 4.69) is 33.1 Å². The Morgan fingerprint density at radius 2 is 1.94 bits per heavy atom. The van der Waals surface area contributed by atoms with Crippen LogP contribution in [0.1, 0.15) is 51.3 Å². The van der Waals surface area contributed by atoms with Crippen LogP contribution in [0.2, 0.25) is 0 Å². The molecule has 0 saturated heterocycles. The van der Waals surface area contributed by atoms with Crippen LogP contribution in [0.3, 0.4) is 0 Å². The van der Waals surface area contributed by atoms with E-state index in [0.29, 0.717) is 11.5 Å². The average molecular weight is 252 g/mol. The molecule has 0 aliphatic carbocycles. The Balaban J connectivity index is 2.86. The first-order valence-corrected chi connectivity index (χ1v) is 6.48. The molecule has 102 valence electrons. The summed E-state index contributed by atoms with van der Waals surface area (Å²) in [5.74, 6) is 5.93. The van der Waals surface area contributed by atoms with Crippen molar-refractivity contribution < 1.29 is 4.39 Å². The molecule has 2 unspecified atom stereocenters. The van der Waals surface area contributed by atoms with Crippen molar-refractivity contribution in [2.75, 3.05) is 0 Å². The summed E-state index contributed by atoms with van der Waals surface area (Å²) in [5, 5.41) is 0. The molecule has 0 aromatic heterocycles. The Kier molecular flexibility index (Phi) is 4.88. The van der Waals surface area contributed by atoms with Crippen molar-refractivity contribution in [2.24, 2.45) is 17.2 Å². The van der Waals surface area contributed by atoms with Gasteiger partial charge < -0.3 is 0 Å². The van der Waals surface area contributed by atoms with Gasteiger partial charge >= 0.3 is 0 Å². The van der Waals surface area contributed by atoms with E-state index < -0.39 is 0 Å². The predicted molar refractivity (Wildman–Crippen MR) is 74.4 cm³/mol. The van der Waals surface area contributed by atoms with Crippen molar-refractivity contribution in [3.63, 3.8) is 0 Å². The molecule has 1 rings (SSSR count). The molecule has 0 bridgehead atoms. The van der Waals surface area contributed by atoms with Crippen LogP contribution < -0.4 is 11.3 Å². The highest BCUT2D eigenvalue weighted by Crippen LogP contribution is 2.33. The molecule has 0 aliphatic heterocycles. The molecule has 1 aromatic rings. The lowest BCUT2D eigenvalue weighted by molar-refractivity contribution is 0.223. The summed E-state index contributed by atoms with van der Waals surface area (Å²) in [6, 6.07) is 5.32. The molecule has 0 spiro atoms. The van der Waals surface area contributed by atoms with Crippen molar-refractivity contribution in [3.8, 4) is 0 Å². The third-order valence-electron chi connectivity index (χ3n) is 3.87. The highest BCUT2D eigenvalue weighted by Gasteiger charge is 2.24. The van der Waals surface area contributed by atoms with Gasteiger partial charge in [-0.15, -0.1) is 0 Å². The fourth-order valence-corrected chi connectivity index (χ4v) is 1.83. The molecule has 1 aromatic carbocycles. The fraction of sp³-hybridized carbons (Fsp3) is 0.600. The molecule has 0 heterocycles. The van der Waals surface area contributed by atoms with Crippen molar-refractivity contribution in [1.29, 1.82) is 0 Å². The standard InChI is InChI=1S/C15H25FN2/c1-10-6-7-12(9-13(10)16)14(18-17)8-11(2)15(3,4)5/h6-7,9,11,14,18H,8,17H2,1-5H3. The molecule has 2 atom stereocenters. The largest absolute Gasteiger partial charge is 0.271 e. The summed E-state index contributed by atoms with van der Waals surface area (Å²) in [7, 11) is 0. The molecule has 2 nitrogen and oxygen atoms in total. The summed E-state index contributed by atoms with van der Waals surface area (Å²) >= 11 is 0. The maximum Gasteiger partial charge on any atom is 0.126 e. The second-order valence-electron chi connectivity index (χ2n) is 6.23. The predicted octanol–water partition coefficient (Wildman–Crippen LogP) is 3.71. The quantitative estimate of drug-likeness (QED) is 0.633. The number of halogens is 1. The molecule has 0 saturated carbocycles. The van der Waals surface area contributed by atoms with E-state index in [4.69, 9.17) is 5.84 Å². The van der Waals surface area contributed by atoms with E-state index in [1.165, 1.54) is 0 Å². The summed E-state index contributed by atoms with van der Waals surface area (Å²) in [5.41, 5.74) is 4.60. The van der Waals surface area contributed by atoms with Crippen LogP contribution in [0.25, 0.3) is 0 Å². The second kappa shape index (κ2) is 5.81. The first kappa shape index (κ1) is 15.1. The zero-order valence-electron chi connectivity index (χ0n) is 12.0. The molecule has 3 N–H and O–H groups in total. The second-order valence-corrected chi connectivity index (χ2v) is 6.23. The minimum Gasteiger partial charge on any atom is -0.271 e. The maximum atomic E-state index is 13.6. The number of hydrazine groups is 1. The van der Waals surface area contributed by atoms with E-state index in [1.54, 1.807) is 19.1 Å². The minimum absolute atomic E-state index is 0.00525. The number of benzene rings is 1. The molecule has 0 fully saturated rings. The lowest BCUT2D eigenvalue weighted by Gasteiger charge is -2.30. The SMILES string of the molecule is Cc1ccc(C(CC(C)C(C)(C)C)NN)cc1F. The van der Waals surface area contributed by atoms with E-state index in [0.717, 1.165) is 12.0 Å². The smallest absolute Gasteiger partial charge is 0.126 e. The number of aryl methyl sites for hydroxylation is 1. The van der Waals surface area contributed by atoms with E-state index in [-0.39, 0.29) is 17.3 Å². The number of nitrogens with one attached hydrogen (secondary N) is 1. The number of hydrogen-bond donors (Lipinski definition) is 2. The van der Waals surface area contributed by atoms with Crippen molar-refractivity contribution >= 4 is 0 Å². The average Bonchev–Trinajstić information content (AvgIpc) is 2.28. The highest BCUT2D eigenvalue weighted by atomic mass is 19.1. The third kappa shape index (κ3) is 3.79. The van der Waals surface area contributed by atoms with E-state index >= 15 is 0 Å². The first-order chi connectivity index (χ1) is 8.25. The van der Waals surface area contributed by atoms with Crippen molar-refractivity contribution in [3.05, 3.63) is 35.1 Å². The van der Waals surface area contributed by atoms with Gasteiger partial charge in [-0.25, -0.2) is 4.39 Å². The lowest BCUT2D eigenvalue weighted by Crippen LogP contribution is -2.32. The summed E-state index contributed by atoms with van der Waals surface area (Å²) in [6.07, 6.45) is 0.891. The van der Waals surface area contributed by atoms with Gasteiger partial charge in [0.1, 0.15) is 5.82 Å². The van der Waals surface area contributed by atoms with Gasteiger partial charge in [0.25, 0.3) is 0 Å². The van der Waals surface area contributed by atoms with Gasteiger partial charge in [-0.2, -0.15) is 0 Å². The van der Waals surface area contributed by atoms with Crippen LogP contribution in [-0.2, 0) is 0 Å². The van der Waals surface area contributed by atoms with Crippen LogP contribution in [0.5, 0.6) is 0 Å². The maximum absolute atomic E-state index is 13.6. The molecular weight excluding hydrogens is 227 g/mol. The number of hydrogen-bond acceptors (Lipinski definition) is 2. The molecule has 18 heavy (non-hydrogen) atoms. The van der Waals surface area contributed by atoms with Gasteiger partial charge in [-0.05, 0) is 41.9 Å². The van der Waals surface area contributed by atoms with Gasteiger partial charge in [-0.3, -0.25) is 11.3 Å².